The van der Waals surface area contributed by atoms with Crippen LogP contribution >= 0.6 is 11.3 Å². The average Bonchev–Trinajstić information content (AvgIpc) is 2.34. The summed E-state index contributed by atoms with van der Waals surface area (Å²) in [6, 6.07) is 6.37. The van der Waals surface area contributed by atoms with Gasteiger partial charge in [0.15, 0.2) is 4.88 Å². The highest BCUT2D eigenvalue weighted by Gasteiger charge is 1.99. The molecule has 0 unspecified atom stereocenters. The summed E-state index contributed by atoms with van der Waals surface area (Å²) in [5, 5.41) is 1.91. The molecule has 2 nitrogen and oxygen atoms in total. The van der Waals surface area contributed by atoms with Crippen LogP contribution in [0, 0.1) is 6.07 Å². The van der Waals surface area contributed by atoms with E-state index in [0.717, 1.165) is 4.88 Å². The summed E-state index contributed by atoms with van der Waals surface area (Å²) in [5.41, 5.74) is 0. The summed E-state index contributed by atoms with van der Waals surface area (Å²) in [5.74, 6) is -0.214. The standard InChI is InChI=1S/C7H6NOS/c1-6(9)8-5-7-3-2-4-10-7/h2-4H,1H3/q+1. The molecule has 0 N–H and O–H groups in total. The molecule has 0 atom stereocenters. The second-order valence-electron chi connectivity index (χ2n) is 1.72. The van der Waals surface area contributed by atoms with Crippen molar-refractivity contribution >= 4 is 17.2 Å². The molecule has 1 heterocycles. The van der Waals surface area contributed by atoms with Crippen molar-refractivity contribution < 1.29 is 4.79 Å². The molecule has 50 valence electrons. The van der Waals surface area contributed by atoms with Crippen molar-refractivity contribution in [3.8, 4) is 6.07 Å². The molecule has 0 spiro atoms. The van der Waals surface area contributed by atoms with Gasteiger partial charge >= 0.3 is 12.0 Å². The summed E-state index contributed by atoms with van der Waals surface area (Å²) < 4.78 is 0. The number of thiophene rings is 1. The predicted octanol–water partition coefficient (Wildman–Crippen LogP) is 1.98. The number of amides is 1. The lowest BCUT2D eigenvalue weighted by Crippen LogP contribution is -1.73. The number of carbonyl (C=O) groups is 1. The molecule has 3 heteroatoms. The van der Waals surface area contributed by atoms with Crippen molar-refractivity contribution in [2.45, 2.75) is 6.92 Å². The molecular formula is C7H6NOS+. The Hall–Kier alpha value is -1.14. The van der Waals surface area contributed by atoms with Crippen LogP contribution in [0.5, 0.6) is 0 Å². The SMILES string of the molecule is CC(=O)[N+]#Cc1cccs1. The van der Waals surface area contributed by atoms with Gasteiger partial charge in [0.2, 0.25) is 0 Å². The predicted molar refractivity (Wildman–Crippen MR) is 41.3 cm³/mol. The summed E-state index contributed by atoms with van der Waals surface area (Å²) in [4.78, 5) is 14.7. The minimum Gasteiger partial charge on any atom is -0.201 e. The Balaban J connectivity index is 2.75. The summed E-state index contributed by atoms with van der Waals surface area (Å²) in [6.45, 7) is 1.40. The van der Waals surface area contributed by atoms with Gasteiger partial charge in [-0.2, -0.15) is 0 Å². The van der Waals surface area contributed by atoms with Gasteiger partial charge in [-0.3, -0.25) is 0 Å². The van der Waals surface area contributed by atoms with E-state index in [1.807, 2.05) is 17.5 Å². The third-order valence-corrected chi connectivity index (χ3v) is 1.62. The fourth-order valence-electron chi connectivity index (χ4n) is 0.476. The van der Waals surface area contributed by atoms with Crippen molar-refractivity contribution in [3.05, 3.63) is 27.2 Å². The third-order valence-electron chi connectivity index (χ3n) is 0.845. The van der Waals surface area contributed by atoms with E-state index < -0.39 is 0 Å². The molecule has 1 amide bonds. The van der Waals surface area contributed by atoms with Gasteiger partial charge in [-0.05, 0) is 17.5 Å². The Morgan fingerprint density at radius 3 is 3.10 bits per heavy atom. The number of nitrogens with zero attached hydrogens (tertiary/aromatic N) is 1. The molecule has 0 aliphatic carbocycles. The summed E-state index contributed by atoms with van der Waals surface area (Å²) in [7, 11) is 0. The maximum Gasteiger partial charge on any atom is 0.512 e. The van der Waals surface area contributed by atoms with Gasteiger partial charge in [0.1, 0.15) is 0 Å². The lowest BCUT2D eigenvalue weighted by Gasteiger charge is -1.60. The molecule has 0 aromatic carbocycles. The van der Waals surface area contributed by atoms with Crippen molar-refractivity contribution in [1.82, 2.24) is 0 Å². The average molecular weight is 152 g/mol. The molecule has 0 saturated heterocycles. The van der Waals surface area contributed by atoms with Crippen molar-refractivity contribution in [3.63, 3.8) is 0 Å². The molecule has 0 fully saturated rings. The summed E-state index contributed by atoms with van der Waals surface area (Å²) >= 11 is 1.51. The van der Waals surface area contributed by atoms with Crippen LogP contribution in [0.1, 0.15) is 11.8 Å². The first kappa shape index (κ1) is 6.97. The molecule has 10 heavy (non-hydrogen) atoms. The van der Waals surface area contributed by atoms with E-state index in [4.69, 9.17) is 0 Å². The van der Waals surface area contributed by atoms with Crippen LogP contribution in [0.2, 0.25) is 0 Å². The quantitative estimate of drug-likeness (QED) is 0.557. The van der Waals surface area contributed by atoms with E-state index in [1.54, 1.807) is 0 Å². The smallest absolute Gasteiger partial charge is 0.201 e. The molecule has 0 radical (unpaired) electrons. The van der Waals surface area contributed by atoms with E-state index in [-0.39, 0.29) is 5.91 Å². The van der Waals surface area contributed by atoms with Crippen LogP contribution < -0.4 is 0 Å². The van der Waals surface area contributed by atoms with Gasteiger partial charge < -0.3 is 0 Å². The fraction of sp³-hybridized carbons (Fsp3) is 0.143. The Kier molecular flexibility index (Phi) is 2.19. The lowest BCUT2D eigenvalue weighted by molar-refractivity contribution is -0.112. The van der Waals surface area contributed by atoms with Crippen LogP contribution in [0.25, 0.3) is 4.85 Å². The second kappa shape index (κ2) is 3.14. The van der Waals surface area contributed by atoms with Crippen LogP contribution in [0.4, 0.5) is 0 Å². The molecule has 0 aliphatic heterocycles. The first-order valence-electron chi connectivity index (χ1n) is 2.80. The van der Waals surface area contributed by atoms with Crippen molar-refractivity contribution in [2.75, 3.05) is 0 Å². The first-order chi connectivity index (χ1) is 4.79. The number of rotatable bonds is 0. The van der Waals surface area contributed by atoms with Crippen molar-refractivity contribution in [2.24, 2.45) is 0 Å². The lowest BCUT2D eigenvalue weighted by atomic mass is 10.5. The number of carbonyl (C=O) groups excluding carboxylic acids is 1. The van der Waals surface area contributed by atoms with Gasteiger partial charge in [-0.25, -0.2) is 4.79 Å². The fourth-order valence-corrected chi connectivity index (χ4v) is 1.04. The highest BCUT2D eigenvalue weighted by molar-refractivity contribution is 7.10. The maximum atomic E-state index is 10.3. The number of hydrogen-bond acceptors (Lipinski definition) is 2. The molecule has 1 rings (SSSR count). The largest absolute Gasteiger partial charge is 0.512 e. The minimum atomic E-state index is -0.214. The van der Waals surface area contributed by atoms with Crippen LogP contribution in [0.15, 0.2) is 17.5 Å². The topological polar surface area (TPSA) is 21.4 Å². The van der Waals surface area contributed by atoms with E-state index >= 15 is 0 Å². The highest BCUT2D eigenvalue weighted by atomic mass is 32.1. The van der Waals surface area contributed by atoms with Crippen molar-refractivity contribution in [1.29, 1.82) is 0 Å². The van der Waals surface area contributed by atoms with Crippen LogP contribution in [-0.4, -0.2) is 5.91 Å². The Labute approximate surface area is 62.9 Å². The molecule has 0 aliphatic rings. The normalized spacial score (nSPS) is 8.10. The van der Waals surface area contributed by atoms with Gasteiger partial charge in [0.25, 0.3) is 0 Å². The number of hydrogen-bond donors (Lipinski definition) is 0. The monoisotopic (exact) mass is 152 g/mol. The maximum absolute atomic E-state index is 10.3. The Bertz CT molecular complexity index is 278. The highest BCUT2D eigenvalue weighted by Crippen LogP contribution is 2.05. The molecule has 1 aromatic rings. The van der Waals surface area contributed by atoms with E-state index in [9.17, 15) is 4.79 Å². The van der Waals surface area contributed by atoms with E-state index in [0.29, 0.717) is 0 Å². The third kappa shape index (κ3) is 2.00. The zero-order valence-corrected chi connectivity index (χ0v) is 6.31. The Morgan fingerprint density at radius 1 is 1.80 bits per heavy atom. The Morgan fingerprint density at radius 2 is 2.60 bits per heavy atom. The zero-order chi connectivity index (χ0) is 7.40. The van der Waals surface area contributed by atoms with E-state index in [1.165, 1.54) is 18.3 Å². The molecular weight excluding hydrogens is 146 g/mol. The minimum absolute atomic E-state index is 0.214. The summed E-state index contributed by atoms with van der Waals surface area (Å²) in [6.07, 6.45) is 0. The molecule has 0 bridgehead atoms. The van der Waals surface area contributed by atoms with Gasteiger partial charge in [-0.15, -0.1) is 11.3 Å². The molecule has 1 aromatic heterocycles. The second-order valence-corrected chi connectivity index (χ2v) is 2.67. The van der Waals surface area contributed by atoms with E-state index in [2.05, 4.69) is 10.9 Å². The van der Waals surface area contributed by atoms with Gasteiger partial charge in [0.05, 0.1) is 6.92 Å². The van der Waals surface area contributed by atoms with Crippen LogP contribution in [0.3, 0.4) is 0 Å². The first-order valence-corrected chi connectivity index (χ1v) is 3.68. The molecule has 0 saturated carbocycles. The van der Waals surface area contributed by atoms with Gasteiger partial charge in [-0.1, -0.05) is 0 Å². The zero-order valence-electron chi connectivity index (χ0n) is 5.50. The van der Waals surface area contributed by atoms with Gasteiger partial charge in [0, 0.05) is 4.85 Å². The van der Waals surface area contributed by atoms with Crippen LogP contribution in [-0.2, 0) is 4.79 Å².